The van der Waals surface area contributed by atoms with Crippen molar-refractivity contribution >= 4 is 45.7 Å². The summed E-state index contributed by atoms with van der Waals surface area (Å²) in [6.45, 7) is 3.48. The number of hydrogen-bond donors (Lipinski definition) is 2. The number of thioether (sulfide) groups is 1. The quantitative estimate of drug-likeness (QED) is 0.529. The Bertz CT molecular complexity index is 1020. The van der Waals surface area contributed by atoms with E-state index in [0.29, 0.717) is 5.13 Å². The van der Waals surface area contributed by atoms with Gasteiger partial charge >= 0.3 is 0 Å². The van der Waals surface area contributed by atoms with Crippen LogP contribution in [0, 0.1) is 6.92 Å². The van der Waals surface area contributed by atoms with Gasteiger partial charge in [-0.15, -0.1) is 23.1 Å². The Kier molecular flexibility index (Phi) is 6.90. The van der Waals surface area contributed by atoms with Crippen LogP contribution in [0.1, 0.15) is 12.5 Å². The molecule has 150 valence electrons. The first kappa shape index (κ1) is 20.9. The van der Waals surface area contributed by atoms with E-state index in [1.165, 1.54) is 30.0 Å². The molecule has 3 rings (SSSR count). The first-order chi connectivity index (χ1) is 13.9. The fourth-order valence-corrected chi connectivity index (χ4v) is 4.04. The Morgan fingerprint density at radius 2 is 1.90 bits per heavy atom. The second-order valence-corrected chi connectivity index (χ2v) is 8.19. The van der Waals surface area contributed by atoms with Crippen molar-refractivity contribution in [2.75, 3.05) is 23.5 Å². The van der Waals surface area contributed by atoms with E-state index < -0.39 is 0 Å². The molecule has 0 spiro atoms. The molecular weight excluding hydrogens is 406 g/mol. The van der Waals surface area contributed by atoms with Crippen LogP contribution in [0.2, 0.25) is 0 Å². The Morgan fingerprint density at radius 1 is 1.14 bits per heavy atom. The van der Waals surface area contributed by atoms with Gasteiger partial charge in [-0.2, -0.15) is 0 Å². The summed E-state index contributed by atoms with van der Waals surface area (Å²) >= 11 is 2.80. The minimum Gasteiger partial charge on any atom is -0.496 e. The molecule has 6 nitrogen and oxygen atoms in total. The number of aryl methyl sites for hydroxylation is 1. The van der Waals surface area contributed by atoms with Crippen LogP contribution in [0.25, 0.3) is 11.3 Å². The van der Waals surface area contributed by atoms with E-state index in [2.05, 4.69) is 15.6 Å². The van der Waals surface area contributed by atoms with Crippen LogP contribution >= 0.6 is 23.1 Å². The summed E-state index contributed by atoms with van der Waals surface area (Å²) in [5.41, 5.74) is 3.51. The van der Waals surface area contributed by atoms with E-state index in [9.17, 15) is 9.59 Å². The van der Waals surface area contributed by atoms with Crippen molar-refractivity contribution in [1.82, 2.24) is 4.98 Å². The molecule has 2 N–H and O–H groups in total. The summed E-state index contributed by atoms with van der Waals surface area (Å²) in [6, 6.07) is 13.3. The molecule has 2 aromatic carbocycles. The number of carbonyl (C=O) groups is 2. The molecule has 8 heteroatoms. The van der Waals surface area contributed by atoms with Gasteiger partial charge in [0.25, 0.3) is 0 Å². The summed E-state index contributed by atoms with van der Waals surface area (Å²) < 4.78 is 5.41. The number of carbonyl (C=O) groups excluding carboxylic acids is 2. The van der Waals surface area contributed by atoms with Crippen LogP contribution in [0.3, 0.4) is 0 Å². The lowest BCUT2D eigenvalue weighted by atomic mass is 10.1. The second-order valence-electron chi connectivity index (χ2n) is 6.28. The van der Waals surface area contributed by atoms with E-state index in [1.54, 1.807) is 7.11 Å². The smallest absolute Gasteiger partial charge is 0.236 e. The molecule has 0 atom stereocenters. The van der Waals surface area contributed by atoms with E-state index in [1.807, 2.05) is 54.8 Å². The van der Waals surface area contributed by atoms with Crippen molar-refractivity contribution < 1.29 is 14.3 Å². The Balaban J connectivity index is 1.58. The average Bonchev–Trinajstić information content (AvgIpc) is 3.15. The van der Waals surface area contributed by atoms with Crippen molar-refractivity contribution in [2.45, 2.75) is 18.7 Å². The highest BCUT2D eigenvalue weighted by Crippen LogP contribution is 2.33. The van der Waals surface area contributed by atoms with Crippen molar-refractivity contribution in [2.24, 2.45) is 0 Å². The lowest BCUT2D eigenvalue weighted by Gasteiger charge is -2.07. The van der Waals surface area contributed by atoms with Gasteiger partial charge in [-0.3, -0.25) is 9.59 Å². The summed E-state index contributed by atoms with van der Waals surface area (Å²) in [7, 11) is 1.63. The number of nitrogens with zero attached hydrogens (tertiary/aromatic N) is 1. The standard InChI is InChI=1S/C21H21N3O3S2/c1-13-4-9-19(27-3)17(10-13)18-11-29-21(23-18)24-20(26)12-28-16-7-5-15(6-8-16)22-14(2)25/h4-11H,12H2,1-3H3,(H,22,25)(H,23,24,26). The minimum absolute atomic E-state index is 0.115. The number of benzene rings is 2. The molecule has 29 heavy (non-hydrogen) atoms. The predicted octanol–water partition coefficient (Wildman–Crippen LogP) is 4.82. The first-order valence-electron chi connectivity index (χ1n) is 8.85. The average molecular weight is 428 g/mol. The van der Waals surface area contributed by atoms with Gasteiger partial charge in [-0.25, -0.2) is 4.98 Å². The maximum Gasteiger partial charge on any atom is 0.236 e. The lowest BCUT2D eigenvalue weighted by molar-refractivity contribution is -0.114. The van der Waals surface area contributed by atoms with Crippen LogP contribution in [0.15, 0.2) is 52.7 Å². The summed E-state index contributed by atoms with van der Waals surface area (Å²) in [5, 5.41) is 8.01. The first-order valence-corrected chi connectivity index (χ1v) is 10.7. The number of rotatable bonds is 7. The number of hydrogen-bond acceptors (Lipinski definition) is 6. The zero-order chi connectivity index (χ0) is 20.8. The Morgan fingerprint density at radius 3 is 2.59 bits per heavy atom. The van der Waals surface area contributed by atoms with Gasteiger partial charge in [0, 0.05) is 28.5 Å². The maximum absolute atomic E-state index is 12.3. The third-order valence-corrected chi connectivity index (χ3v) is 5.70. The van der Waals surface area contributed by atoms with Crippen molar-refractivity contribution in [3.8, 4) is 17.0 Å². The monoisotopic (exact) mass is 427 g/mol. The van der Waals surface area contributed by atoms with Gasteiger partial charge < -0.3 is 15.4 Å². The third-order valence-electron chi connectivity index (χ3n) is 3.93. The Labute approximate surface area is 177 Å². The molecule has 0 aliphatic carbocycles. The summed E-state index contributed by atoms with van der Waals surface area (Å²) in [4.78, 5) is 28.8. The number of anilines is 2. The van der Waals surface area contributed by atoms with Crippen molar-refractivity contribution in [3.63, 3.8) is 0 Å². The maximum atomic E-state index is 12.3. The van der Waals surface area contributed by atoms with Gasteiger partial charge in [-0.05, 0) is 43.3 Å². The number of methoxy groups -OCH3 is 1. The van der Waals surface area contributed by atoms with Crippen molar-refractivity contribution in [1.29, 1.82) is 0 Å². The van der Waals surface area contributed by atoms with Gasteiger partial charge in [0.05, 0.1) is 18.6 Å². The third kappa shape index (κ3) is 5.82. The molecule has 1 aromatic heterocycles. The fraction of sp³-hybridized carbons (Fsp3) is 0.190. The van der Waals surface area contributed by atoms with Crippen LogP contribution in [-0.4, -0.2) is 29.7 Å². The lowest BCUT2D eigenvalue weighted by Crippen LogP contribution is -2.13. The molecule has 3 aromatic rings. The number of thiazole rings is 1. The van der Waals surface area contributed by atoms with Crippen molar-refractivity contribution in [3.05, 3.63) is 53.4 Å². The molecule has 0 saturated carbocycles. The number of nitrogens with one attached hydrogen (secondary N) is 2. The molecule has 2 amide bonds. The molecule has 0 aliphatic heterocycles. The largest absolute Gasteiger partial charge is 0.496 e. The molecular formula is C21H21N3O3S2. The molecule has 1 heterocycles. The molecule has 0 saturated heterocycles. The molecule has 0 aliphatic rings. The van der Waals surface area contributed by atoms with Crippen LogP contribution in [0.4, 0.5) is 10.8 Å². The number of amides is 2. The predicted molar refractivity (Wildman–Crippen MR) is 119 cm³/mol. The summed E-state index contributed by atoms with van der Waals surface area (Å²) in [5.74, 6) is 0.772. The molecule has 0 radical (unpaired) electrons. The highest BCUT2D eigenvalue weighted by atomic mass is 32.2. The minimum atomic E-state index is -0.127. The van der Waals surface area contributed by atoms with E-state index in [0.717, 1.165) is 33.2 Å². The highest BCUT2D eigenvalue weighted by Gasteiger charge is 2.12. The van der Waals surface area contributed by atoms with Crippen LogP contribution in [-0.2, 0) is 9.59 Å². The van der Waals surface area contributed by atoms with Gasteiger partial charge in [0.2, 0.25) is 11.8 Å². The van der Waals surface area contributed by atoms with Gasteiger partial charge in [0.1, 0.15) is 5.75 Å². The van der Waals surface area contributed by atoms with Crippen LogP contribution < -0.4 is 15.4 Å². The zero-order valence-corrected chi connectivity index (χ0v) is 17.9. The SMILES string of the molecule is COc1ccc(C)cc1-c1csc(NC(=O)CSc2ccc(NC(C)=O)cc2)n1. The highest BCUT2D eigenvalue weighted by molar-refractivity contribution is 8.00. The van der Waals surface area contributed by atoms with E-state index in [-0.39, 0.29) is 17.6 Å². The number of ether oxygens (including phenoxy) is 1. The van der Waals surface area contributed by atoms with E-state index >= 15 is 0 Å². The molecule has 0 unspecified atom stereocenters. The fourth-order valence-electron chi connectivity index (χ4n) is 2.62. The zero-order valence-electron chi connectivity index (χ0n) is 16.3. The molecule has 0 bridgehead atoms. The normalized spacial score (nSPS) is 10.4. The Hall–Kier alpha value is -2.84. The topological polar surface area (TPSA) is 80.3 Å². The summed E-state index contributed by atoms with van der Waals surface area (Å²) in [6.07, 6.45) is 0. The second kappa shape index (κ2) is 9.58. The number of aromatic nitrogens is 1. The van der Waals surface area contributed by atoms with Crippen LogP contribution in [0.5, 0.6) is 5.75 Å². The van der Waals surface area contributed by atoms with Gasteiger partial charge in [0.15, 0.2) is 5.13 Å². The van der Waals surface area contributed by atoms with Gasteiger partial charge in [-0.1, -0.05) is 11.6 Å². The van der Waals surface area contributed by atoms with E-state index in [4.69, 9.17) is 4.74 Å². The molecule has 0 fully saturated rings.